The summed E-state index contributed by atoms with van der Waals surface area (Å²) < 4.78 is 0. The Morgan fingerprint density at radius 3 is 2.84 bits per heavy atom. The third-order valence-electron chi connectivity index (χ3n) is 3.94. The van der Waals surface area contributed by atoms with Gasteiger partial charge >= 0.3 is 5.97 Å². The Morgan fingerprint density at radius 2 is 2.26 bits per heavy atom. The van der Waals surface area contributed by atoms with Crippen molar-refractivity contribution in [1.29, 1.82) is 0 Å². The van der Waals surface area contributed by atoms with E-state index in [4.69, 9.17) is 0 Å². The molecule has 1 saturated carbocycles. The van der Waals surface area contributed by atoms with Gasteiger partial charge in [-0.15, -0.1) is 11.3 Å². The average Bonchev–Trinajstić information content (AvgIpc) is 2.97. The number of carbonyl (C=O) groups is 2. The van der Waals surface area contributed by atoms with E-state index < -0.39 is 11.4 Å². The lowest BCUT2D eigenvalue weighted by atomic mass is 9.90. The molecule has 1 aliphatic carbocycles. The van der Waals surface area contributed by atoms with Crippen molar-refractivity contribution in [3.05, 3.63) is 16.1 Å². The van der Waals surface area contributed by atoms with Gasteiger partial charge < -0.3 is 10.0 Å². The van der Waals surface area contributed by atoms with E-state index in [0.717, 1.165) is 5.01 Å². The molecule has 1 aromatic heterocycles. The summed E-state index contributed by atoms with van der Waals surface area (Å²) in [6.45, 7) is 2.47. The minimum Gasteiger partial charge on any atom is -0.481 e. The number of hydrogen-bond acceptors (Lipinski definition) is 4. The van der Waals surface area contributed by atoms with E-state index in [0.29, 0.717) is 24.6 Å². The molecule has 0 spiro atoms. The Labute approximate surface area is 115 Å². The van der Waals surface area contributed by atoms with E-state index in [1.165, 1.54) is 24.2 Å². The first-order valence-electron chi connectivity index (χ1n) is 6.48. The Balaban J connectivity index is 1.72. The molecule has 1 amide bonds. The van der Waals surface area contributed by atoms with Crippen LogP contribution in [0.1, 0.15) is 47.6 Å². The summed E-state index contributed by atoms with van der Waals surface area (Å²) in [4.78, 5) is 29.5. The fourth-order valence-corrected chi connectivity index (χ4v) is 3.34. The minimum atomic E-state index is -0.834. The van der Waals surface area contributed by atoms with Crippen molar-refractivity contribution in [2.75, 3.05) is 13.1 Å². The number of nitrogens with zero attached hydrogens (tertiary/aromatic N) is 2. The third-order valence-corrected chi connectivity index (χ3v) is 4.95. The molecule has 102 valence electrons. The van der Waals surface area contributed by atoms with Crippen LogP contribution in [-0.2, 0) is 4.79 Å². The second kappa shape index (κ2) is 4.30. The monoisotopic (exact) mass is 280 g/mol. The highest BCUT2D eigenvalue weighted by molar-refractivity contribution is 7.10. The van der Waals surface area contributed by atoms with Crippen LogP contribution in [0, 0.1) is 5.41 Å². The van der Waals surface area contributed by atoms with Crippen molar-refractivity contribution in [2.24, 2.45) is 5.41 Å². The molecular formula is C13H16N2O3S. The maximum atomic E-state index is 12.3. The smallest absolute Gasteiger partial charge is 0.311 e. The summed E-state index contributed by atoms with van der Waals surface area (Å²) in [5.41, 5.74) is -0.341. The van der Waals surface area contributed by atoms with Gasteiger partial charge in [0.05, 0.1) is 10.4 Å². The Morgan fingerprint density at radius 1 is 1.53 bits per heavy atom. The van der Waals surface area contributed by atoms with Crippen molar-refractivity contribution < 1.29 is 14.7 Å². The van der Waals surface area contributed by atoms with Crippen LogP contribution in [0.4, 0.5) is 0 Å². The largest absolute Gasteiger partial charge is 0.481 e. The van der Waals surface area contributed by atoms with E-state index in [9.17, 15) is 14.7 Å². The second-order valence-electron chi connectivity index (χ2n) is 5.69. The Kier molecular flexibility index (Phi) is 2.85. The number of carbonyl (C=O) groups excluding carboxylic acids is 1. The molecule has 1 atom stereocenters. The number of amides is 1. The van der Waals surface area contributed by atoms with Gasteiger partial charge in [0.1, 0.15) is 5.69 Å². The van der Waals surface area contributed by atoms with E-state index in [1.807, 2.05) is 0 Å². The molecule has 5 nitrogen and oxygen atoms in total. The van der Waals surface area contributed by atoms with Crippen LogP contribution in [0.3, 0.4) is 0 Å². The molecule has 0 radical (unpaired) electrons. The third kappa shape index (κ3) is 2.25. The Hall–Kier alpha value is -1.43. The first-order chi connectivity index (χ1) is 8.99. The first-order valence-corrected chi connectivity index (χ1v) is 7.36. The maximum absolute atomic E-state index is 12.3. The van der Waals surface area contributed by atoms with Gasteiger partial charge in [-0.05, 0) is 26.2 Å². The van der Waals surface area contributed by atoms with Gasteiger partial charge in [-0.25, -0.2) is 4.98 Å². The highest BCUT2D eigenvalue weighted by atomic mass is 32.1. The molecule has 3 rings (SSSR count). The zero-order chi connectivity index (χ0) is 13.6. The van der Waals surface area contributed by atoms with Gasteiger partial charge in [-0.2, -0.15) is 0 Å². The van der Waals surface area contributed by atoms with Crippen LogP contribution in [0.5, 0.6) is 0 Å². The molecule has 0 bridgehead atoms. The fourth-order valence-electron chi connectivity index (χ4n) is 2.37. The average molecular weight is 280 g/mol. The van der Waals surface area contributed by atoms with Gasteiger partial charge in [0.15, 0.2) is 0 Å². The number of rotatable bonds is 3. The number of carboxylic acids is 1. The molecule has 1 N–H and O–H groups in total. The van der Waals surface area contributed by atoms with Crippen LogP contribution < -0.4 is 0 Å². The van der Waals surface area contributed by atoms with Crippen LogP contribution in [-0.4, -0.2) is 40.0 Å². The fraction of sp³-hybridized carbons (Fsp3) is 0.615. The molecule has 1 aliphatic heterocycles. The molecule has 1 saturated heterocycles. The lowest BCUT2D eigenvalue weighted by Gasteiger charge is -2.19. The van der Waals surface area contributed by atoms with Crippen LogP contribution in [0.15, 0.2) is 5.38 Å². The molecule has 2 fully saturated rings. The van der Waals surface area contributed by atoms with Gasteiger partial charge in [0, 0.05) is 24.4 Å². The number of aliphatic carboxylic acids is 1. The minimum absolute atomic E-state index is 0.131. The predicted molar refractivity (Wildman–Crippen MR) is 70.4 cm³/mol. The van der Waals surface area contributed by atoms with E-state index in [1.54, 1.807) is 17.2 Å². The molecule has 1 aromatic rings. The topological polar surface area (TPSA) is 70.5 Å². The van der Waals surface area contributed by atoms with Gasteiger partial charge in [0.25, 0.3) is 5.91 Å². The summed E-state index contributed by atoms with van der Waals surface area (Å²) in [6, 6.07) is 0. The normalized spacial score (nSPS) is 26.7. The standard InChI is InChI=1S/C13H16N2O3S/c1-13(12(17)18)4-5-15(7-13)11(16)9-6-19-10(14-9)8-2-3-8/h6,8H,2-5,7H2,1H3,(H,17,18)/t13-/m0/s1. The van der Waals surface area contributed by atoms with Crippen molar-refractivity contribution in [2.45, 2.75) is 32.1 Å². The molecule has 2 heterocycles. The lowest BCUT2D eigenvalue weighted by Crippen LogP contribution is -2.35. The zero-order valence-corrected chi connectivity index (χ0v) is 11.6. The second-order valence-corrected chi connectivity index (χ2v) is 6.58. The first kappa shape index (κ1) is 12.6. The number of aromatic nitrogens is 1. The van der Waals surface area contributed by atoms with Crippen molar-refractivity contribution >= 4 is 23.2 Å². The van der Waals surface area contributed by atoms with Crippen molar-refractivity contribution in [3.63, 3.8) is 0 Å². The summed E-state index contributed by atoms with van der Waals surface area (Å²) in [5.74, 6) is -0.415. The number of hydrogen-bond donors (Lipinski definition) is 1. The maximum Gasteiger partial charge on any atom is 0.311 e. The number of carboxylic acid groups (broad SMARTS) is 1. The Bertz CT molecular complexity index is 538. The van der Waals surface area contributed by atoms with E-state index in [-0.39, 0.29) is 12.5 Å². The predicted octanol–water partition coefficient (Wildman–Crippen LogP) is 1.96. The van der Waals surface area contributed by atoms with Gasteiger partial charge in [-0.3, -0.25) is 9.59 Å². The summed E-state index contributed by atoms with van der Waals surface area (Å²) in [5, 5.41) is 12.0. The molecule has 0 aromatic carbocycles. The number of thiazole rings is 1. The van der Waals surface area contributed by atoms with Gasteiger partial charge in [-0.1, -0.05) is 0 Å². The SMILES string of the molecule is C[C@]1(C(=O)O)CCN(C(=O)c2csc(C3CC3)n2)C1. The van der Waals surface area contributed by atoms with Crippen LogP contribution in [0.2, 0.25) is 0 Å². The zero-order valence-electron chi connectivity index (χ0n) is 10.8. The lowest BCUT2D eigenvalue weighted by molar-refractivity contribution is -0.147. The molecule has 0 unspecified atom stereocenters. The van der Waals surface area contributed by atoms with Crippen molar-refractivity contribution in [3.8, 4) is 0 Å². The summed E-state index contributed by atoms with van der Waals surface area (Å²) in [6.07, 6.45) is 2.84. The van der Waals surface area contributed by atoms with Gasteiger partial charge in [0.2, 0.25) is 0 Å². The highest BCUT2D eigenvalue weighted by Crippen LogP contribution is 2.41. The molecular weight excluding hydrogens is 264 g/mol. The molecule has 19 heavy (non-hydrogen) atoms. The highest BCUT2D eigenvalue weighted by Gasteiger charge is 2.42. The quantitative estimate of drug-likeness (QED) is 0.918. The van der Waals surface area contributed by atoms with E-state index >= 15 is 0 Å². The molecule has 6 heteroatoms. The van der Waals surface area contributed by atoms with Crippen LogP contribution >= 0.6 is 11.3 Å². The molecule has 2 aliphatic rings. The van der Waals surface area contributed by atoms with Crippen LogP contribution in [0.25, 0.3) is 0 Å². The number of likely N-dealkylation sites (tertiary alicyclic amines) is 1. The van der Waals surface area contributed by atoms with Crippen molar-refractivity contribution in [1.82, 2.24) is 9.88 Å². The summed E-state index contributed by atoms with van der Waals surface area (Å²) >= 11 is 1.54. The summed E-state index contributed by atoms with van der Waals surface area (Å²) in [7, 11) is 0. The van der Waals surface area contributed by atoms with E-state index in [2.05, 4.69) is 4.98 Å².